The van der Waals surface area contributed by atoms with E-state index in [1.807, 2.05) is 32.9 Å². The summed E-state index contributed by atoms with van der Waals surface area (Å²) in [5.41, 5.74) is 0. The molecule has 6 nitrogen and oxygen atoms in total. The van der Waals surface area contributed by atoms with Crippen molar-refractivity contribution < 1.29 is 29.0 Å². The highest BCUT2D eigenvalue weighted by atomic mass is 16.6. The molecule has 5 unspecified atom stereocenters. The van der Waals surface area contributed by atoms with Gasteiger partial charge in [-0.2, -0.15) is 0 Å². The molecule has 0 aromatic rings. The largest absolute Gasteiger partial charge is 0.481 e. The first-order valence-electron chi connectivity index (χ1n) is 9.20. The lowest BCUT2D eigenvalue weighted by atomic mass is 9.62. The van der Waals surface area contributed by atoms with Crippen molar-refractivity contribution in [3.63, 3.8) is 0 Å². The van der Waals surface area contributed by atoms with Crippen molar-refractivity contribution >= 4 is 17.9 Å². The Balaban J connectivity index is 0.00000151. The van der Waals surface area contributed by atoms with Crippen LogP contribution in [0.2, 0.25) is 0 Å². The molecule has 1 N–H and O–H groups in total. The first kappa shape index (κ1) is 21.2. The summed E-state index contributed by atoms with van der Waals surface area (Å²) in [5, 5.41) is 9.40. The first-order chi connectivity index (χ1) is 12.0. The van der Waals surface area contributed by atoms with Gasteiger partial charge in [-0.1, -0.05) is 39.8 Å². The number of aliphatic carboxylic acids is 1. The van der Waals surface area contributed by atoms with Gasteiger partial charge in [0.1, 0.15) is 13.2 Å². The van der Waals surface area contributed by atoms with Crippen LogP contribution in [0, 0.1) is 29.6 Å². The van der Waals surface area contributed by atoms with Crippen LogP contribution in [0.1, 0.15) is 47.0 Å². The van der Waals surface area contributed by atoms with Gasteiger partial charge >= 0.3 is 17.9 Å². The molecule has 1 fully saturated rings. The molecule has 6 heteroatoms. The van der Waals surface area contributed by atoms with E-state index in [-0.39, 0.29) is 36.9 Å². The Labute approximate surface area is 149 Å². The number of hydrogen-bond donors (Lipinski definition) is 1. The smallest absolute Gasteiger partial charge is 0.310 e. The lowest BCUT2D eigenvalue weighted by molar-refractivity contribution is -0.166. The predicted molar refractivity (Wildman–Crippen MR) is 92.7 cm³/mol. The fourth-order valence-electron chi connectivity index (χ4n) is 3.34. The lowest BCUT2D eigenvalue weighted by Gasteiger charge is -2.41. The molecule has 0 aliphatic heterocycles. The van der Waals surface area contributed by atoms with E-state index < -0.39 is 23.8 Å². The summed E-state index contributed by atoms with van der Waals surface area (Å²) in [6.45, 7) is 7.63. The number of ether oxygens (including phenoxy) is 2. The monoisotopic (exact) mass is 354 g/mol. The molecule has 0 aromatic heterocycles. The highest BCUT2D eigenvalue weighted by molar-refractivity contribution is 5.83. The van der Waals surface area contributed by atoms with Crippen LogP contribution in [-0.2, 0) is 23.9 Å². The van der Waals surface area contributed by atoms with Gasteiger partial charge in [-0.25, -0.2) is 0 Å². The standard InChI is InChI=1S/C17H24O6.C2H6/c1-3-10(2)16(20)22-8-9-23-17(21)14-12-6-4-11(5-7-12)13(14)15(18)19;1-2/h4,6,10-14H,3,5,7-9H2,1-2H3,(H,18,19);1-2H3. The number of carboxylic acid groups (broad SMARTS) is 1. The van der Waals surface area contributed by atoms with Crippen LogP contribution in [-0.4, -0.2) is 36.2 Å². The minimum absolute atomic E-state index is 0.00328. The molecule has 5 atom stereocenters. The molecule has 3 aliphatic carbocycles. The maximum absolute atomic E-state index is 12.3. The molecule has 0 saturated heterocycles. The zero-order valence-corrected chi connectivity index (χ0v) is 15.6. The second-order valence-corrected chi connectivity index (χ2v) is 6.32. The molecule has 0 amide bonds. The SMILES string of the molecule is CC.CCC(C)C(=O)OCCOC(=O)C1C2C=CC(CC2)C1C(=O)O. The second kappa shape index (κ2) is 10.2. The van der Waals surface area contributed by atoms with Crippen molar-refractivity contribution in [2.24, 2.45) is 29.6 Å². The predicted octanol–water partition coefficient (Wildman–Crippen LogP) is 3.06. The van der Waals surface area contributed by atoms with Crippen molar-refractivity contribution in [2.75, 3.05) is 13.2 Å². The van der Waals surface area contributed by atoms with Gasteiger partial charge in [0, 0.05) is 0 Å². The maximum atomic E-state index is 12.3. The molecule has 0 heterocycles. The third-order valence-electron chi connectivity index (χ3n) is 4.89. The average molecular weight is 354 g/mol. The van der Waals surface area contributed by atoms with Crippen LogP contribution in [0.5, 0.6) is 0 Å². The minimum atomic E-state index is -0.950. The van der Waals surface area contributed by atoms with Gasteiger partial charge in [0.2, 0.25) is 0 Å². The first-order valence-corrected chi connectivity index (χ1v) is 9.20. The molecule has 3 aliphatic rings. The molecule has 3 rings (SSSR count). The Morgan fingerprint density at radius 3 is 2.04 bits per heavy atom. The van der Waals surface area contributed by atoms with Crippen molar-refractivity contribution in [2.45, 2.75) is 47.0 Å². The number of carboxylic acids is 1. The van der Waals surface area contributed by atoms with Crippen LogP contribution >= 0.6 is 0 Å². The van der Waals surface area contributed by atoms with Crippen molar-refractivity contribution in [3.05, 3.63) is 12.2 Å². The number of esters is 2. The van der Waals surface area contributed by atoms with Crippen LogP contribution in [0.15, 0.2) is 12.2 Å². The molecule has 0 spiro atoms. The van der Waals surface area contributed by atoms with Crippen molar-refractivity contribution in [3.8, 4) is 0 Å². The van der Waals surface area contributed by atoms with Crippen LogP contribution in [0.3, 0.4) is 0 Å². The zero-order chi connectivity index (χ0) is 19.0. The minimum Gasteiger partial charge on any atom is -0.481 e. The van der Waals surface area contributed by atoms with Gasteiger partial charge < -0.3 is 14.6 Å². The Bertz CT molecular complexity index is 498. The van der Waals surface area contributed by atoms with Crippen molar-refractivity contribution in [1.82, 2.24) is 0 Å². The summed E-state index contributed by atoms with van der Waals surface area (Å²) in [7, 11) is 0. The van der Waals surface area contributed by atoms with Crippen LogP contribution in [0.25, 0.3) is 0 Å². The number of fused-ring (bicyclic) bond motifs is 2. The Morgan fingerprint density at radius 2 is 1.56 bits per heavy atom. The van der Waals surface area contributed by atoms with Crippen LogP contribution < -0.4 is 0 Å². The quantitative estimate of drug-likeness (QED) is 0.429. The van der Waals surface area contributed by atoms with E-state index in [0.717, 1.165) is 12.8 Å². The zero-order valence-electron chi connectivity index (χ0n) is 15.6. The van der Waals surface area contributed by atoms with E-state index in [1.54, 1.807) is 6.92 Å². The molecule has 2 bridgehead atoms. The van der Waals surface area contributed by atoms with E-state index in [1.165, 1.54) is 0 Å². The van der Waals surface area contributed by atoms with E-state index in [2.05, 4.69) is 0 Å². The van der Waals surface area contributed by atoms with Gasteiger partial charge in [0.25, 0.3) is 0 Å². The number of carbonyl (C=O) groups is 3. The third kappa shape index (κ3) is 5.31. The van der Waals surface area contributed by atoms with Gasteiger partial charge in [-0.05, 0) is 31.1 Å². The molecule has 0 aromatic carbocycles. The molecule has 0 radical (unpaired) electrons. The van der Waals surface area contributed by atoms with Gasteiger partial charge in [0.15, 0.2) is 0 Å². The highest BCUT2D eigenvalue weighted by Gasteiger charge is 2.48. The Kier molecular flexibility index (Phi) is 8.66. The fourth-order valence-corrected chi connectivity index (χ4v) is 3.34. The number of carbonyl (C=O) groups excluding carboxylic acids is 2. The Hall–Kier alpha value is -1.85. The topological polar surface area (TPSA) is 89.9 Å². The summed E-state index contributed by atoms with van der Waals surface area (Å²) >= 11 is 0. The molecule has 1 saturated carbocycles. The van der Waals surface area contributed by atoms with E-state index >= 15 is 0 Å². The van der Waals surface area contributed by atoms with Gasteiger partial charge in [0.05, 0.1) is 17.8 Å². The second-order valence-electron chi connectivity index (χ2n) is 6.32. The summed E-state index contributed by atoms with van der Waals surface area (Å²) in [6.07, 6.45) is 6.14. The molecular formula is C19H30O6. The van der Waals surface area contributed by atoms with E-state index in [4.69, 9.17) is 9.47 Å². The Morgan fingerprint density at radius 1 is 1.04 bits per heavy atom. The maximum Gasteiger partial charge on any atom is 0.310 e. The van der Waals surface area contributed by atoms with Crippen LogP contribution in [0.4, 0.5) is 0 Å². The lowest BCUT2D eigenvalue weighted by Crippen LogP contribution is -2.45. The summed E-state index contributed by atoms with van der Waals surface area (Å²) in [6, 6.07) is 0. The number of rotatable bonds is 7. The molecule has 25 heavy (non-hydrogen) atoms. The highest BCUT2D eigenvalue weighted by Crippen LogP contribution is 2.45. The summed E-state index contributed by atoms with van der Waals surface area (Å²) < 4.78 is 10.2. The van der Waals surface area contributed by atoms with Crippen molar-refractivity contribution in [1.29, 1.82) is 0 Å². The molecule has 142 valence electrons. The van der Waals surface area contributed by atoms with Gasteiger partial charge in [-0.3, -0.25) is 14.4 Å². The van der Waals surface area contributed by atoms with Gasteiger partial charge in [-0.15, -0.1) is 0 Å². The summed E-state index contributed by atoms with van der Waals surface area (Å²) in [4.78, 5) is 35.3. The number of allylic oxidation sites excluding steroid dienone is 2. The number of hydrogen-bond acceptors (Lipinski definition) is 5. The normalized spacial score (nSPS) is 27.7. The molecular weight excluding hydrogens is 324 g/mol. The van der Waals surface area contributed by atoms with E-state index in [0.29, 0.717) is 6.42 Å². The van der Waals surface area contributed by atoms with E-state index in [9.17, 15) is 19.5 Å². The average Bonchev–Trinajstić information content (AvgIpc) is 2.65. The fraction of sp³-hybridized carbons (Fsp3) is 0.737. The third-order valence-corrected chi connectivity index (χ3v) is 4.89. The summed E-state index contributed by atoms with van der Waals surface area (Å²) in [5.74, 6) is -3.47.